The van der Waals surface area contributed by atoms with Gasteiger partial charge in [0.15, 0.2) is 0 Å². The third kappa shape index (κ3) is 3.85. The Morgan fingerprint density at radius 1 is 0.952 bits per heavy atom. The summed E-state index contributed by atoms with van der Waals surface area (Å²) >= 11 is 0. The van der Waals surface area contributed by atoms with E-state index in [9.17, 15) is 0 Å². The first kappa shape index (κ1) is 15.6. The highest BCUT2D eigenvalue weighted by Gasteiger charge is 2.19. The second kappa shape index (κ2) is 6.31. The second-order valence-corrected chi connectivity index (χ2v) is 6.34. The Morgan fingerprint density at radius 2 is 1.57 bits per heavy atom. The SMILES string of the molecule is CCc1ccc(Oc2ccc(CO)cc2)c(C(C)(C)C)c1. The molecule has 2 heteroatoms. The molecule has 0 spiro atoms. The predicted octanol–water partition coefficient (Wildman–Crippen LogP) is 4.83. The molecule has 112 valence electrons. The van der Waals surface area contributed by atoms with Gasteiger partial charge in [0, 0.05) is 5.56 Å². The molecule has 0 aromatic heterocycles. The van der Waals surface area contributed by atoms with Crippen LogP contribution >= 0.6 is 0 Å². The van der Waals surface area contributed by atoms with Gasteiger partial charge in [-0.3, -0.25) is 0 Å². The molecular weight excluding hydrogens is 260 g/mol. The van der Waals surface area contributed by atoms with E-state index < -0.39 is 0 Å². The van der Waals surface area contributed by atoms with Gasteiger partial charge in [0.1, 0.15) is 11.5 Å². The zero-order chi connectivity index (χ0) is 15.5. The van der Waals surface area contributed by atoms with Gasteiger partial charge in [-0.2, -0.15) is 0 Å². The maximum atomic E-state index is 9.09. The lowest BCUT2D eigenvalue weighted by Gasteiger charge is -2.23. The highest BCUT2D eigenvalue weighted by molar-refractivity contribution is 5.44. The molecule has 2 nitrogen and oxygen atoms in total. The fourth-order valence-electron chi connectivity index (χ4n) is 2.26. The molecular formula is C19H24O2. The molecule has 21 heavy (non-hydrogen) atoms. The van der Waals surface area contributed by atoms with Gasteiger partial charge in [0.25, 0.3) is 0 Å². The molecule has 0 aliphatic carbocycles. The van der Waals surface area contributed by atoms with Crippen molar-refractivity contribution in [2.45, 2.75) is 46.1 Å². The Hall–Kier alpha value is -1.80. The third-order valence-electron chi connectivity index (χ3n) is 3.59. The van der Waals surface area contributed by atoms with Crippen LogP contribution in [-0.2, 0) is 18.4 Å². The van der Waals surface area contributed by atoms with Crippen molar-refractivity contribution in [3.8, 4) is 11.5 Å². The summed E-state index contributed by atoms with van der Waals surface area (Å²) in [6, 6.07) is 14.0. The number of aryl methyl sites for hydroxylation is 1. The molecule has 0 aliphatic rings. The monoisotopic (exact) mass is 284 g/mol. The molecule has 0 amide bonds. The quantitative estimate of drug-likeness (QED) is 0.871. The van der Waals surface area contributed by atoms with E-state index >= 15 is 0 Å². The van der Waals surface area contributed by atoms with Crippen molar-refractivity contribution in [2.75, 3.05) is 0 Å². The van der Waals surface area contributed by atoms with Crippen LogP contribution in [0.2, 0.25) is 0 Å². The number of aliphatic hydroxyl groups is 1. The van der Waals surface area contributed by atoms with Crippen LogP contribution in [0, 0.1) is 0 Å². The van der Waals surface area contributed by atoms with Crippen molar-refractivity contribution in [3.05, 3.63) is 59.2 Å². The minimum absolute atomic E-state index is 0.0333. The molecule has 0 fully saturated rings. The van der Waals surface area contributed by atoms with Crippen LogP contribution in [-0.4, -0.2) is 5.11 Å². The molecule has 2 rings (SSSR count). The summed E-state index contributed by atoms with van der Waals surface area (Å²) in [5, 5.41) is 9.09. The Balaban J connectivity index is 2.34. The summed E-state index contributed by atoms with van der Waals surface area (Å²) in [6.45, 7) is 8.81. The molecule has 1 N–H and O–H groups in total. The average Bonchev–Trinajstić information content (AvgIpc) is 2.47. The molecule has 0 bridgehead atoms. The minimum Gasteiger partial charge on any atom is -0.457 e. The van der Waals surface area contributed by atoms with Gasteiger partial charge < -0.3 is 9.84 Å². The Labute approximate surface area is 127 Å². The first-order valence-electron chi connectivity index (χ1n) is 7.45. The minimum atomic E-state index is 0.0333. The number of aliphatic hydroxyl groups excluding tert-OH is 1. The number of rotatable bonds is 4. The van der Waals surface area contributed by atoms with Crippen LogP contribution in [0.4, 0.5) is 0 Å². The largest absolute Gasteiger partial charge is 0.457 e. The molecule has 0 saturated carbocycles. The average molecular weight is 284 g/mol. The maximum Gasteiger partial charge on any atom is 0.131 e. The molecule has 2 aromatic rings. The molecule has 0 radical (unpaired) electrons. The molecule has 0 heterocycles. The lowest BCUT2D eigenvalue weighted by molar-refractivity contribution is 0.281. The molecule has 0 saturated heterocycles. The van der Waals surface area contributed by atoms with Crippen LogP contribution in [0.5, 0.6) is 11.5 Å². The van der Waals surface area contributed by atoms with Crippen molar-refractivity contribution in [1.82, 2.24) is 0 Å². The van der Waals surface area contributed by atoms with Crippen molar-refractivity contribution in [2.24, 2.45) is 0 Å². The lowest BCUT2D eigenvalue weighted by atomic mass is 9.85. The lowest BCUT2D eigenvalue weighted by Crippen LogP contribution is -2.13. The smallest absolute Gasteiger partial charge is 0.131 e. The topological polar surface area (TPSA) is 29.5 Å². The summed E-state index contributed by atoms with van der Waals surface area (Å²) in [7, 11) is 0. The van der Waals surface area contributed by atoms with Crippen molar-refractivity contribution in [3.63, 3.8) is 0 Å². The normalized spacial score (nSPS) is 11.5. The number of hydrogen-bond acceptors (Lipinski definition) is 2. The third-order valence-corrected chi connectivity index (χ3v) is 3.59. The number of ether oxygens (including phenoxy) is 1. The Kier molecular flexibility index (Phi) is 4.69. The van der Waals surface area contributed by atoms with Crippen molar-refractivity contribution in [1.29, 1.82) is 0 Å². The fraction of sp³-hybridized carbons (Fsp3) is 0.368. The predicted molar refractivity (Wildman–Crippen MR) is 87.0 cm³/mol. The molecule has 0 atom stereocenters. The van der Waals surface area contributed by atoms with E-state index in [1.165, 1.54) is 11.1 Å². The highest BCUT2D eigenvalue weighted by Crippen LogP contribution is 2.35. The van der Waals surface area contributed by atoms with Crippen LogP contribution in [0.3, 0.4) is 0 Å². The van der Waals surface area contributed by atoms with Gasteiger partial charge in [0.05, 0.1) is 6.61 Å². The van der Waals surface area contributed by atoms with E-state index in [1.807, 2.05) is 24.3 Å². The summed E-state index contributed by atoms with van der Waals surface area (Å²) in [6.07, 6.45) is 1.02. The van der Waals surface area contributed by atoms with Gasteiger partial charge in [-0.05, 0) is 41.2 Å². The Bertz CT molecular complexity index is 592. The molecule has 0 unspecified atom stereocenters. The van der Waals surface area contributed by atoms with Gasteiger partial charge in [-0.1, -0.05) is 52.0 Å². The van der Waals surface area contributed by atoms with Crippen LogP contribution < -0.4 is 4.74 Å². The van der Waals surface area contributed by atoms with Gasteiger partial charge in [0.2, 0.25) is 0 Å². The van der Waals surface area contributed by atoms with Gasteiger partial charge >= 0.3 is 0 Å². The summed E-state index contributed by atoms with van der Waals surface area (Å²) in [4.78, 5) is 0. The van der Waals surface area contributed by atoms with E-state index in [2.05, 4.69) is 45.9 Å². The Morgan fingerprint density at radius 3 is 2.10 bits per heavy atom. The van der Waals surface area contributed by atoms with E-state index in [0.29, 0.717) is 0 Å². The zero-order valence-corrected chi connectivity index (χ0v) is 13.3. The van der Waals surface area contributed by atoms with Crippen LogP contribution in [0.25, 0.3) is 0 Å². The first-order valence-corrected chi connectivity index (χ1v) is 7.45. The number of hydrogen-bond donors (Lipinski definition) is 1. The van der Waals surface area contributed by atoms with Crippen LogP contribution in [0.1, 0.15) is 44.4 Å². The first-order chi connectivity index (χ1) is 9.94. The van der Waals surface area contributed by atoms with E-state index in [1.54, 1.807) is 0 Å². The van der Waals surface area contributed by atoms with Gasteiger partial charge in [-0.25, -0.2) is 0 Å². The second-order valence-electron chi connectivity index (χ2n) is 6.34. The summed E-state index contributed by atoms with van der Waals surface area (Å²) in [5.41, 5.74) is 3.46. The fourth-order valence-corrected chi connectivity index (χ4v) is 2.26. The van der Waals surface area contributed by atoms with E-state index in [-0.39, 0.29) is 12.0 Å². The van der Waals surface area contributed by atoms with Gasteiger partial charge in [-0.15, -0.1) is 0 Å². The highest BCUT2D eigenvalue weighted by atomic mass is 16.5. The van der Waals surface area contributed by atoms with Crippen LogP contribution in [0.15, 0.2) is 42.5 Å². The zero-order valence-electron chi connectivity index (χ0n) is 13.3. The van der Waals surface area contributed by atoms with E-state index in [4.69, 9.17) is 9.84 Å². The standard InChI is InChI=1S/C19H24O2/c1-5-14-8-11-18(17(12-14)19(2,3)4)21-16-9-6-15(13-20)7-10-16/h6-12,20H,5,13H2,1-4H3. The molecule has 2 aromatic carbocycles. The maximum absolute atomic E-state index is 9.09. The number of benzene rings is 2. The molecule has 0 aliphatic heterocycles. The summed E-state index contributed by atoms with van der Waals surface area (Å²) in [5.74, 6) is 1.69. The van der Waals surface area contributed by atoms with Crippen molar-refractivity contribution < 1.29 is 9.84 Å². The van der Waals surface area contributed by atoms with Crippen molar-refractivity contribution >= 4 is 0 Å². The van der Waals surface area contributed by atoms with E-state index in [0.717, 1.165) is 23.5 Å². The summed E-state index contributed by atoms with van der Waals surface area (Å²) < 4.78 is 6.05.